The van der Waals surface area contributed by atoms with Gasteiger partial charge < -0.3 is 4.74 Å². The van der Waals surface area contributed by atoms with Crippen LogP contribution in [0, 0.1) is 6.92 Å². The van der Waals surface area contributed by atoms with Crippen molar-refractivity contribution in [1.29, 1.82) is 0 Å². The maximum absolute atomic E-state index is 12.1. The molecule has 0 aromatic heterocycles. The molecule has 0 unspecified atom stereocenters. The molecule has 0 heterocycles. The van der Waals surface area contributed by atoms with Gasteiger partial charge >= 0.3 is 5.97 Å². The third kappa shape index (κ3) is 4.26. The summed E-state index contributed by atoms with van der Waals surface area (Å²) in [5, 5.41) is 0. The van der Waals surface area contributed by atoms with Gasteiger partial charge in [0.25, 0.3) is 10.0 Å². The number of aryl methyl sites for hydroxylation is 1. The molecule has 0 atom stereocenters. The van der Waals surface area contributed by atoms with E-state index in [1.54, 1.807) is 36.4 Å². The van der Waals surface area contributed by atoms with Crippen molar-refractivity contribution in [3.8, 4) is 5.75 Å². The minimum absolute atomic E-state index is 0.144. The fourth-order valence-corrected chi connectivity index (χ4v) is 2.55. The van der Waals surface area contributed by atoms with Crippen molar-refractivity contribution < 1.29 is 17.9 Å². The van der Waals surface area contributed by atoms with E-state index in [9.17, 15) is 13.2 Å². The Hall–Kier alpha value is -2.47. The van der Waals surface area contributed by atoms with E-state index in [1.165, 1.54) is 25.3 Å². The highest BCUT2D eigenvalue weighted by atomic mass is 32.2. The molecule has 5 nitrogen and oxygen atoms in total. The highest BCUT2D eigenvalue weighted by Crippen LogP contribution is 2.14. The van der Waals surface area contributed by atoms with Crippen LogP contribution in [0.1, 0.15) is 18.1 Å². The lowest BCUT2D eigenvalue weighted by Gasteiger charge is -2.01. The minimum atomic E-state index is -3.72. The van der Waals surface area contributed by atoms with E-state index in [1.807, 2.05) is 6.92 Å². The topological polar surface area (TPSA) is 72.8 Å². The largest absolute Gasteiger partial charge is 0.427 e. The maximum Gasteiger partial charge on any atom is 0.308 e. The van der Waals surface area contributed by atoms with Crippen LogP contribution in [-0.2, 0) is 14.8 Å². The molecule has 0 radical (unpaired) electrons. The standard InChI is InChI=1S/C16H15NO4S/c1-12-3-9-16(10-4-12)22(19,20)17-11-14-5-7-15(8-6-14)21-13(2)18/h3-11H,1-2H3. The van der Waals surface area contributed by atoms with Crippen molar-refractivity contribution >= 4 is 22.2 Å². The van der Waals surface area contributed by atoms with E-state index in [4.69, 9.17) is 4.74 Å². The zero-order valence-electron chi connectivity index (χ0n) is 12.2. The smallest absolute Gasteiger partial charge is 0.308 e. The molecule has 6 heteroatoms. The first-order valence-corrected chi connectivity index (χ1v) is 7.96. The second kappa shape index (κ2) is 6.53. The van der Waals surface area contributed by atoms with Gasteiger partial charge in [0, 0.05) is 13.1 Å². The molecule has 0 aliphatic carbocycles. The van der Waals surface area contributed by atoms with Crippen LogP contribution >= 0.6 is 0 Å². The molecule has 0 saturated carbocycles. The molecule has 0 aliphatic rings. The van der Waals surface area contributed by atoms with E-state index in [0.29, 0.717) is 11.3 Å². The third-order valence-electron chi connectivity index (χ3n) is 2.80. The number of hydrogen-bond acceptors (Lipinski definition) is 4. The molecule has 2 aromatic rings. The average molecular weight is 317 g/mol. The summed E-state index contributed by atoms with van der Waals surface area (Å²) in [6.07, 6.45) is 1.26. The molecule has 0 fully saturated rings. The molecule has 0 spiro atoms. The van der Waals surface area contributed by atoms with Gasteiger partial charge in [-0.1, -0.05) is 17.7 Å². The Morgan fingerprint density at radius 1 is 1.05 bits per heavy atom. The fraction of sp³-hybridized carbons (Fsp3) is 0.125. The highest BCUT2D eigenvalue weighted by Gasteiger charge is 2.10. The second-order valence-electron chi connectivity index (χ2n) is 4.69. The number of nitrogens with zero attached hydrogens (tertiary/aromatic N) is 1. The quantitative estimate of drug-likeness (QED) is 0.494. The molecular formula is C16H15NO4S. The zero-order valence-corrected chi connectivity index (χ0v) is 13.0. The molecule has 0 N–H and O–H groups in total. The Kier molecular flexibility index (Phi) is 4.72. The highest BCUT2D eigenvalue weighted by molar-refractivity contribution is 7.90. The van der Waals surface area contributed by atoms with E-state index >= 15 is 0 Å². The van der Waals surface area contributed by atoms with Crippen LogP contribution in [0.3, 0.4) is 0 Å². The number of carbonyl (C=O) groups is 1. The lowest BCUT2D eigenvalue weighted by molar-refractivity contribution is -0.131. The summed E-state index contributed by atoms with van der Waals surface area (Å²) in [6.45, 7) is 3.19. The zero-order chi connectivity index (χ0) is 16.2. The Labute approximate surface area is 129 Å². The van der Waals surface area contributed by atoms with Gasteiger partial charge in [0.15, 0.2) is 0 Å². The van der Waals surface area contributed by atoms with Crippen molar-refractivity contribution in [3.63, 3.8) is 0 Å². The summed E-state index contributed by atoms with van der Waals surface area (Å²) in [7, 11) is -3.72. The first kappa shape index (κ1) is 15.9. The molecule has 2 rings (SSSR count). The third-order valence-corrected chi connectivity index (χ3v) is 4.05. The summed E-state index contributed by atoms with van der Waals surface area (Å²) in [5.74, 6) is -0.0191. The van der Waals surface area contributed by atoms with E-state index in [0.717, 1.165) is 5.56 Å². The maximum atomic E-state index is 12.1. The number of ether oxygens (including phenoxy) is 1. The first-order chi connectivity index (χ1) is 10.4. The summed E-state index contributed by atoms with van der Waals surface area (Å²) < 4.78 is 32.7. The van der Waals surface area contributed by atoms with Crippen LogP contribution in [0.4, 0.5) is 0 Å². The molecule has 114 valence electrons. The second-order valence-corrected chi connectivity index (χ2v) is 6.32. The van der Waals surface area contributed by atoms with Crippen molar-refractivity contribution in [3.05, 3.63) is 59.7 Å². The number of sulfonamides is 1. The number of carbonyl (C=O) groups excluding carboxylic acids is 1. The first-order valence-electron chi connectivity index (χ1n) is 6.52. The lowest BCUT2D eigenvalue weighted by atomic mass is 10.2. The van der Waals surface area contributed by atoms with E-state index < -0.39 is 16.0 Å². The summed E-state index contributed by atoms with van der Waals surface area (Å²) >= 11 is 0. The minimum Gasteiger partial charge on any atom is -0.427 e. The molecule has 2 aromatic carbocycles. The van der Waals surface area contributed by atoms with Crippen molar-refractivity contribution in [2.75, 3.05) is 0 Å². The van der Waals surface area contributed by atoms with Gasteiger partial charge in [-0.3, -0.25) is 4.79 Å². The van der Waals surface area contributed by atoms with Crippen molar-refractivity contribution in [2.45, 2.75) is 18.7 Å². The molecular weight excluding hydrogens is 302 g/mol. The van der Waals surface area contributed by atoms with Gasteiger partial charge in [0.1, 0.15) is 5.75 Å². The van der Waals surface area contributed by atoms with Gasteiger partial charge in [-0.25, -0.2) is 0 Å². The van der Waals surface area contributed by atoms with Crippen LogP contribution in [0.2, 0.25) is 0 Å². The Bertz CT molecular complexity index is 791. The van der Waals surface area contributed by atoms with Crippen LogP contribution < -0.4 is 4.74 Å². The van der Waals surface area contributed by atoms with E-state index in [2.05, 4.69) is 4.40 Å². The normalized spacial score (nSPS) is 11.5. The molecule has 0 amide bonds. The number of rotatable bonds is 4. The van der Waals surface area contributed by atoms with Crippen LogP contribution in [0.15, 0.2) is 57.8 Å². The van der Waals surface area contributed by atoms with Crippen molar-refractivity contribution in [1.82, 2.24) is 0 Å². The monoisotopic (exact) mass is 317 g/mol. The van der Waals surface area contributed by atoms with Crippen LogP contribution in [0.5, 0.6) is 5.75 Å². The van der Waals surface area contributed by atoms with Gasteiger partial charge in [0.2, 0.25) is 0 Å². The Morgan fingerprint density at radius 3 is 2.18 bits per heavy atom. The summed E-state index contributed by atoms with van der Waals surface area (Å²) in [4.78, 5) is 11.0. The average Bonchev–Trinajstić information content (AvgIpc) is 2.46. The Morgan fingerprint density at radius 2 is 1.64 bits per heavy atom. The van der Waals surface area contributed by atoms with E-state index in [-0.39, 0.29) is 4.90 Å². The lowest BCUT2D eigenvalue weighted by Crippen LogP contribution is -2.01. The van der Waals surface area contributed by atoms with Crippen molar-refractivity contribution in [2.24, 2.45) is 4.40 Å². The van der Waals surface area contributed by atoms with Crippen LogP contribution in [-0.4, -0.2) is 20.6 Å². The molecule has 0 bridgehead atoms. The summed E-state index contributed by atoms with van der Waals surface area (Å²) in [6, 6.07) is 12.9. The SMILES string of the molecule is CC(=O)Oc1ccc(C=NS(=O)(=O)c2ccc(C)cc2)cc1. The molecule has 22 heavy (non-hydrogen) atoms. The van der Waals surface area contributed by atoms with Gasteiger partial charge in [-0.05, 0) is 48.9 Å². The summed E-state index contributed by atoms with van der Waals surface area (Å²) in [5.41, 5.74) is 1.57. The molecule has 0 saturated heterocycles. The number of benzene rings is 2. The predicted molar refractivity (Wildman–Crippen MR) is 83.7 cm³/mol. The van der Waals surface area contributed by atoms with Gasteiger partial charge in [-0.15, -0.1) is 0 Å². The Balaban J connectivity index is 2.16. The van der Waals surface area contributed by atoms with Crippen LogP contribution in [0.25, 0.3) is 0 Å². The van der Waals surface area contributed by atoms with Gasteiger partial charge in [0.05, 0.1) is 4.90 Å². The number of esters is 1. The van der Waals surface area contributed by atoms with Gasteiger partial charge in [-0.2, -0.15) is 12.8 Å². The number of hydrogen-bond donors (Lipinski definition) is 0. The predicted octanol–water partition coefficient (Wildman–Crippen LogP) is 2.73. The fourth-order valence-electron chi connectivity index (χ4n) is 1.69. The molecule has 0 aliphatic heterocycles.